The molecule has 0 spiro atoms. The van der Waals surface area contributed by atoms with Gasteiger partial charge in [0.1, 0.15) is 5.82 Å². The lowest BCUT2D eigenvalue weighted by atomic mass is 10.0. The van der Waals surface area contributed by atoms with Crippen molar-refractivity contribution < 1.29 is 9.18 Å². The normalized spacial score (nSPS) is 12.2. The van der Waals surface area contributed by atoms with Crippen LogP contribution in [0.2, 0.25) is 0 Å². The van der Waals surface area contributed by atoms with E-state index in [0.29, 0.717) is 11.1 Å². The molecule has 0 N–H and O–H groups in total. The lowest BCUT2D eigenvalue weighted by Gasteiger charge is -2.07. The Bertz CT molecular complexity index is 564. The van der Waals surface area contributed by atoms with Crippen LogP contribution >= 0.6 is 11.6 Å². The molecule has 1 atom stereocenters. The molecule has 3 heteroatoms. The van der Waals surface area contributed by atoms with E-state index < -0.39 is 11.2 Å². The summed E-state index contributed by atoms with van der Waals surface area (Å²) in [6, 6.07) is 13.7. The summed E-state index contributed by atoms with van der Waals surface area (Å²) in [5.41, 5.74) is 1.57. The first-order valence-corrected chi connectivity index (χ1v) is 6.06. The molecule has 0 saturated heterocycles. The summed E-state index contributed by atoms with van der Waals surface area (Å²) in [5.74, 6) is -0.681. The molecule has 0 aliphatic carbocycles. The molecule has 0 aromatic heterocycles. The van der Waals surface area contributed by atoms with Gasteiger partial charge in [0.2, 0.25) is 0 Å². The highest BCUT2D eigenvalue weighted by molar-refractivity contribution is 6.33. The van der Waals surface area contributed by atoms with Crippen LogP contribution in [0, 0.1) is 5.82 Å². The molecular weight excluding hydrogens is 251 g/mol. The van der Waals surface area contributed by atoms with Crippen LogP contribution in [0.15, 0.2) is 48.5 Å². The highest BCUT2D eigenvalue weighted by Gasteiger charge is 2.14. The van der Waals surface area contributed by atoms with Gasteiger partial charge in [0.25, 0.3) is 0 Å². The number of ketones is 1. The highest BCUT2D eigenvalue weighted by atomic mass is 35.5. The van der Waals surface area contributed by atoms with Crippen molar-refractivity contribution in [3.63, 3.8) is 0 Å². The third-order valence-corrected chi connectivity index (χ3v) is 2.90. The van der Waals surface area contributed by atoms with Crippen LogP contribution in [-0.2, 0) is 0 Å². The average molecular weight is 263 g/mol. The summed E-state index contributed by atoms with van der Waals surface area (Å²) >= 11 is 5.70. The van der Waals surface area contributed by atoms with Gasteiger partial charge in [0.15, 0.2) is 5.78 Å². The number of Topliss-reactive ketones (excluding diaryl/α,β-unsaturated/α-hetero) is 1. The summed E-state index contributed by atoms with van der Waals surface area (Å²) in [6.45, 7) is 1.58. The van der Waals surface area contributed by atoms with Crippen LogP contribution in [0.25, 0.3) is 11.1 Å². The first-order valence-electron chi connectivity index (χ1n) is 5.63. The molecule has 0 fully saturated rings. The smallest absolute Gasteiger partial charge is 0.180 e. The molecule has 18 heavy (non-hydrogen) atoms. The Morgan fingerprint density at radius 2 is 1.83 bits per heavy atom. The Kier molecular flexibility index (Phi) is 3.78. The molecule has 0 radical (unpaired) electrons. The summed E-state index contributed by atoms with van der Waals surface area (Å²) in [4.78, 5) is 11.6. The van der Waals surface area contributed by atoms with Gasteiger partial charge in [-0.1, -0.05) is 42.5 Å². The van der Waals surface area contributed by atoms with Gasteiger partial charge in [-0.25, -0.2) is 4.39 Å². The van der Waals surface area contributed by atoms with Crippen molar-refractivity contribution >= 4 is 17.4 Å². The molecule has 0 saturated carbocycles. The Morgan fingerprint density at radius 3 is 2.39 bits per heavy atom. The zero-order chi connectivity index (χ0) is 13.1. The molecule has 2 rings (SSSR count). The number of rotatable bonds is 3. The van der Waals surface area contributed by atoms with E-state index in [9.17, 15) is 9.18 Å². The van der Waals surface area contributed by atoms with Crippen LogP contribution < -0.4 is 0 Å². The molecule has 92 valence electrons. The first kappa shape index (κ1) is 12.8. The number of carbonyl (C=O) groups excluding carboxylic acids is 1. The number of hydrogen-bond donors (Lipinski definition) is 0. The largest absolute Gasteiger partial charge is 0.293 e. The molecule has 2 aromatic rings. The SMILES string of the molecule is CC(Cl)C(=O)c1ccc(-c2ccccc2)c(F)c1. The average Bonchev–Trinajstić information content (AvgIpc) is 2.38. The molecule has 1 unspecified atom stereocenters. The van der Waals surface area contributed by atoms with Gasteiger partial charge in [0, 0.05) is 11.1 Å². The Balaban J connectivity index is 2.40. The van der Waals surface area contributed by atoms with Crippen LogP contribution in [0.1, 0.15) is 17.3 Å². The minimum absolute atomic E-state index is 0.268. The second-order valence-electron chi connectivity index (χ2n) is 4.04. The fourth-order valence-electron chi connectivity index (χ4n) is 1.75. The maximum absolute atomic E-state index is 14.0. The van der Waals surface area contributed by atoms with Crippen molar-refractivity contribution in [2.75, 3.05) is 0 Å². The predicted molar refractivity (Wildman–Crippen MR) is 71.5 cm³/mol. The van der Waals surface area contributed by atoms with Gasteiger partial charge in [-0.05, 0) is 18.6 Å². The lowest BCUT2D eigenvalue weighted by molar-refractivity contribution is 0.0991. The Labute approximate surface area is 110 Å². The molecular formula is C15H12ClFO. The molecule has 1 nitrogen and oxygen atoms in total. The second-order valence-corrected chi connectivity index (χ2v) is 4.70. The topological polar surface area (TPSA) is 17.1 Å². The number of hydrogen-bond acceptors (Lipinski definition) is 1. The minimum atomic E-state index is -0.646. The first-order chi connectivity index (χ1) is 8.59. The number of halogens is 2. The van der Waals surface area contributed by atoms with Gasteiger partial charge < -0.3 is 0 Å². The highest BCUT2D eigenvalue weighted by Crippen LogP contribution is 2.24. The molecule has 0 aliphatic heterocycles. The van der Waals surface area contributed by atoms with Crippen LogP contribution in [0.3, 0.4) is 0 Å². The second kappa shape index (κ2) is 5.32. The Morgan fingerprint density at radius 1 is 1.17 bits per heavy atom. The standard InChI is InChI=1S/C15H12ClFO/c1-10(16)15(18)12-7-8-13(14(17)9-12)11-5-3-2-4-6-11/h2-10H,1H3. The van der Waals surface area contributed by atoms with Crippen molar-refractivity contribution in [3.8, 4) is 11.1 Å². The van der Waals surface area contributed by atoms with E-state index in [-0.39, 0.29) is 5.78 Å². The summed E-state index contributed by atoms with van der Waals surface area (Å²) in [6.07, 6.45) is 0. The van der Waals surface area contributed by atoms with Crippen molar-refractivity contribution in [1.82, 2.24) is 0 Å². The third-order valence-electron chi connectivity index (χ3n) is 2.70. The van der Waals surface area contributed by atoms with Gasteiger partial charge >= 0.3 is 0 Å². The van der Waals surface area contributed by atoms with Gasteiger partial charge in [-0.2, -0.15) is 0 Å². The van der Waals surface area contributed by atoms with E-state index in [1.807, 2.05) is 30.3 Å². The lowest BCUT2D eigenvalue weighted by Crippen LogP contribution is -2.10. The van der Waals surface area contributed by atoms with E-state index in [0.717, 1.165) is 5.56 Å². The number of benzene rings is 2. The van der Waals surface area contributed by atoms with Gasteiger partial charge in [-0.3, -0.25) is 4.79 Å². The minimum Gasteiger partial charge on any atom is -0.293 e. The zero-order valence-electron chi connectivity index (χ0n) is 9.86. The maximum atomic E-state index is 14.0. The van der Waals surface area contributed by atoms with Gasteiger partial charge in [-0.15, -0.1) is 11.6 Å². The van der Waals surface area contributed by atoms with E-state index in [4.69, 9.17) is 11.6 Å². The number of carbonyl (C=O) groups is 1. The van der Waals surface area contributed by atoms with Gasteiger partial charge in [0.05, 0.1) is 5.38 Å². The zero-order valence-corrected chi connectivity index (χ0v) is 10.6. The molecule has 2 aromatic carbocycles. The molecule has 0 aliphatic rings. The van der Waals surface area contributed by atoms with E-state index in [2.05, 4.69) is 0 Å². The van der Waals surface area contributed by atoms with Crippen molar-refractivity contribution in [1.29, 1.82) is 0 Å². The Hall–Kier alpha value is -1.67. The van der Waals surface area contributed by atoms with Crippen LogP contribution in [-0.4, -0.2) is 11.2 Å². The van der Waals surface area contributed by atoms with Crippen molar-refractivity contribution in [2.24, 2.45) is 0 Å². The monoisotopic (exact) mass is 262 g/mol. The number of alkyl halides is 1. The van der Waals surface area contributed by atoms with E-state index >= 15 is 0 Å². The quantitative estimate of drug-likeness (QED) is 0.595. The maximum Gasteiger partial charge on any atom is 0.180 e. The molecule has 0 amide bonds. The summed E-state index contributed by atoms with van der Waals surface area (Å²) < 4.78 is 14.0. The molecule has 0 bridgehead atoms. The van der Waals surface area contributed by atoms with Crippen LogP contribution in [0.5, 0.6) is 0 Å². The summed E-state index contributed by atoms with van der Waals surface area (Å²) in [5, 5.41) is -0.646. The molecule has 0 heterocycles. The van der Waals surface area contributed by atoms with Crippen molar-refractivity contribution in [2.45, 2.75) is 12.3 Å². The van der Waals surface area contributed by atoms with E-state index in [1.165, 1.54) is 6.07 Å². The van der Waals surface area contributed by atoms with E-state index in [1.54, 1.807) is 19.1 Å². The van der Waals surface area contributed by atoms with Crippen molar-refractivity contribution in [3.05, 3.63) is 59.9 Å². The fourth-order valence-corrected chi connectivity index (χ4v) is 1.88. The van der Waals surface area contributed by atoms with Crippen LogP contribution in [0.4, 0.5) is 4.39 Å². The predicted octanol–water partition coefficient (Wildman–Crippen LogP) is 4.30. The fraction of sp³-hybridized carbons (Fsp3) is 0.133. The summed E-state index contributed by atoms with van der Waals surface area (Å²) in [7, 11) is 0. The third kappa shape index (κ3) is 2.59.